The first kappa shape index (κ1) is 24.4. The van der Waals surface area contributed by atoms with Crippen LogP contribution in [-0.2, 0) is 24.2 Å². The first-order valence-corrected chi connectivity index (χ1v) is 11.1. The lowest BCUT2D eigenvalue weighted by Gasteiger charge is -2.14. The molecule has 0 radical (unpaired) electrons. The Labute approximate surface area is 199 Å². The summed E-state index contributed by atoms with van der Waals surface area (Å²) in [6, 6.07) is 14.7. The third-order valence-electron chi connectivity index (χ3n) is 4.91. The van der Waals surface area contributed by atoms with Gasteiger partial charge in [-0.15, -0.1) is 0 Å². The van der Waals surface area contributed by atoms with Crippen LogP contribution in [-0.4, -0.2) is 31.3 Å². The molecule has 174 valence electrons. The number of carbonyl (C=O) groups is 1. The number of esters is 1. The van der Waals surface area contributed by atoms with E-state index in [1.807, 2.05) is 38.1 Å². The number of halogens is 1. The standard InChI is InChI=1S/C26H28ClNO5/c1-17(2)33-26(29)20-8-5-18(6-9-20)7-10-24-25(23(27)11-12-28-24)32-16-19-13-21(30-3)15-22(14-19)31-4/h5-6,8-9,11-15,17H,7,10,16H2,1-4H3. The Morgan fingerprint density at radius 2 is 1.61 bits per heavy atom. The molecule has 0 N–H and O–H groups in total. The van der Waals surface area contributed by atoms with Crippen LogP contribution in [0.1, 0.15) is 41.0 Å². The first-order valence-electron chi connectivity index (χ1n) is 10.7. The Bertz CT molecular complexity index is 1060. The van der Waals surface area contributed by atoms with Crippen molar-refractivity contribution < 1.29 is 23.7 Å². The van der Waals surface area contributed by atoms with Gasteiger partial charge >= 0.3 is 5.97 Å². The third kappa shape index (κ3) is 6.86. The van der Waals surface area contributed by atoms with Crippen LogP contribution in [0.2, 0.25) is 5.02 Å². The molecule has 0 saturated carbocycles. The van der Waals surface area contributed by atoms with Gasteiger partial charge in [0.2, 0.25) is 0 Å². The van der Waals surface area contributed by atoms with E-state index in [0.717, 1.165) is 23.2 Å². The van der Waals surface area contributed by atoms with Gasteiger partial charge in [0.05, 0.1) is 36.6 Å². The van der Waals surface area contributed by atoms with Crippen molar-refractivity contribution in [3.05, 3.63) is 82.1 Å². The average molecular weight is 470 g/mol. The van der Waals surface area contributed by atoms with Gasteiger partial charge in [0.25, 0.3) is 0 Å². The van der Waals surface area contributed by atoms with Gasteiger partial charge in [0.1, 0.15) is 18.1 Å². The second-order valence-electron chi connectivity index (χ2n) is 7.73. The highest BCUT2D eigenvalue weighted by atomic mass is 35.5. The molecule has 0 aliphatic carbocycles. The van der Waals surface area contributed by atoms with Gasteiger partial charge in [-0.3, -0.25) is 4.98 Å². The highest BCUT2D eigenvalue weighted by molar-refractivity contribution is 6.32. The Kier molecular flexibility index (Phi) is 8.55. The second kappa shape index (κ2) is 11.6. The first-order chi connectivity index (χ1) is 15.9. The molecule has 3 aromatic rings. The van der Waals surface area contributed by atoms with Crippen molar-refractivity contribution >= 4 is 17.6 Å². The van der Waals surface area contributed by atoms with Crippen molar-refractivity contribution in [2.75, 3.05) is 14.2 Å². The number of rotatable bonds is 10. The molecule has 2 aromatic carbocycles. The van der Waals surface area contributed by atoms with Gasteiger partial charge in [0, 0.05) is 12.3 Å². The van der Waals surface area contributed by atoms with Gasteiger partial charge < -0.3 is 18.9 Å². The van der Waals surface area contributed by atoms with Crippen LogP contribution in [0.5, 0.6) is 17.2 Å². The maximum atomic E-state index is 12.0. The van der Waals surface area contributed by atoms with Gasteiger partial charge in [-0.1, -0.05) is 23.7 Å². The summed E-state index contributed by atoms with van der Waals surface area (Å²) in [7, 11) is 3.21. The van der Waals surface area contributed by atoms with Crippen LogP contribution >= 0.6 is 11.6 Å². The quantitative estimate of drug-likeness (QED) is 0.356. The van der Waals surface area contributed by atoms with Crippen LogP contribution in [0.3, 0.4) is 0 Å². The second-order valence-corrected chi connectivity index (χ2v) is 8.14. The number of nitrogens with zero attached hydrogens (tertiary/aromatic N) is 1. The maximum absolute atomic E-state index is 12.0. The minimum Gasteiger partial charge on any atom is -0.497 e. The van der Waals surface area contributed by atoms with Crippen molar-refractivity contribution in [3.8, 4) is 17.2 Å². The molecule has 6 nitrogen and oxygen atoms in total. The van der Waals surface area contributed by atoms with E-state index < -0.39 is 0 Å². The molecule has 0 fully saturated rings. The van der Waals surface area contributed by atoms with E-state index in [4.69, 9.17) is 30.5 Å². The van der Waals surface area contributed by atoms with Crippen LogP contribution in [0.25, 0.3) is 0 Å². The number of ether oxygens (including phenoxy) is 4. The van der Waals surface area contributed by atoms with Crippen molar-refractivity contribution in [2.24, 2.45) is 0 Å². The normalized spacial score (nSPS) is 10.7. The average Bonchev–Trinajstić information content (AvgIpc) is 2.81. The van der Waals surface area contributed by atoms with E-state index >= 15 is 0 Å². The summed E-state index contributed by atoms with van der Waals surface area (Å²) in [6.45, 7) is 3.95. The number of methoxy groups -OCH3 is 2. The molecular formula is C26H28ClNO5. The lowest BCUT2D eigenvalue weighted by molar-refractivity contribution is 0.0378. The number of carbonyl (C=O) groups excluding carboxylic acids is 1. The summed E-state index contributed by atoms with van der Waals surface area (Å²) < 4.78 is 21.9. The summed E-state index contributed by atoms with van der Waals surface area (Å²) in [4.78, 5) is 16.5. The molecule has 1 aromatic heterocycles. The molecule has 0 spiro atoms. The molecule has 0 amide bonds. The molecule has 0 atom stereocenters. The molecule has 7 heteroatoms. The summed E-state index contributed by atoms with van der Waals surface area (Å²) >= 11 is 6.43. The summed E-state index contributed by atoms with van der Waals surface area (Å²) in [6.07, 6.45) is 2.87. The smallest absolute Gasteiger partial charge is 0.338 e. The zero-order valence-electron chi connectivity index (χ0n) is 19.3. The fourth-order valence-corrected chi connectivity index (χ4v) is 3.47. The van der Waals surface area contributed by atoms with Crippen LogP contribution in [0.15, 0.2) is 54.7 Å². The SMILES string of the molecule is COc1cc(COc2c(Cl)ccnc2CCc2ccc(C(=O)OC(C)C)cc2)cc(OC)c1. The summed E-state index contributed by atoms with van der Waals surface area (Å²) in [5.74, 6) is 1.60. The van der Waals surface area contributed by atoms with Crippen molar-refractivity contribution in [1.82, 2.24) is 4.98 Å². The lowest BCUT2D eigenvalue weighted by atomic mass is 10.1. The molecule has 33 heavy (non-hydrogen) atoms. The van der Waals surface area contributed by atoms with Gasteiger partial charge in [-0.25, -0.2) is 4.79 Å². The molecule has 0 saturated heterocycles. The van der Waals surface area contributed by atoms with Gasteiger partial charge in [-0.05, 0) is 68.1 Å². The van der Waals surface area contributed by atoms with E-state index in [2.05, 4.69) is 4.98 Å². The number of aromatic nitrogens is 1. The van der Waals surface area contributed by atoms with Crippen LogP contribution in [0, 0.1) is 0 Å². The van der Waals surface area contributed by atoms with E-state index in [1.54, 1.807) is 44.7 Å². The zero-order valence-corrected chi connectivity index (χ0v) is 20.0. The predicted octanol–water partition coefficient (Wildman–Crippen LogP) is 5.68. The molecule has 0 aliphatic heterocycles. The largest absolute Gasteiger partial charge is 0.497 e. The third-order valence-corrected chi connectivity index (χ3v) is 5.21. The topological polar surface area (TPSA) is 66.9 Å². The highest BCUT2D eigenvalue weighted by Gasteiger charge is 2.13. The molecule has 0 bridgehead atoms. The number of benzene rings is 2. The van der Waals surface area contributed by atoms with E-state index in [1.165, 1.54) is 0 Å². The predicted molar refractivity (Wildman–Crippen MR) is 128 cm³/mol. The summed E-state index contributed by atoms with van der Waals surface area (Å²) in [5.41, 5.74) is 3.26. The summed E-state index contributed by atoms with van der Waals surface area (Å²) in [5, 5.41) is 0.502. The van der Waals surface area contributed by atoms with E-state index in [-0.39, 0.29) is 12.1 Å². The minimum absolute atomic E-state index is 0.150. The fourth-order valence-electron chi connectivity index (χ4n) is 3.25. The lowest BCUT2D eigenvalue weighted by Crippen LogP contribution is -2.11. The molecule has 3 rings (SSSR count). The molecular weight excluding hydrogens is 442 g/mol. The maximum Gasteiger partial charge on any atom is 0.338 e. The zero-order chi connectivity index (χ0) is 23.8. The number of pyridine rings is 1. The van der Waals surface area contributed by atoms with E-state index in [9.17, 15) is 4.79 Å². The number of hydrogen-bond donors (Lipinski definition) is 0. The van der Waals surface area contributed by atoms with E-state index in [0.29, 0.717) is 40.9 Å². The Balaban J connectivity index is 1.68. The Morgan fingerprint density at radius 1 is 0.939 bits per heavy atom. The molecule has 0 unspecified atom stereocenters. The van der Waals surface area contributed by atoms with Crippen LogP contribution in [0.4, 0.5) is 0 Å². The highest BCUT2D eigenvalue weighted by Crippen LogP contribution is 2.30. The number of aryl methyl sites for hydroxylation is 2. The Hall–Kier alpha value is -3.25. The monoisotopic (exact) mass is 469 g/mol. The number of hydrogen-bond acceptors (Lipinski definition) is 6. The van der Waals surface area contributed by atoms with Crippen molar-refractivity contribution in [1.29, 1.82) is 0 Å². The van der Waals surface area contributed by atoms with Crippen molar-refractivity contribution in [3.63, 3.8) is 0 Å². The van der Waals surface area contributed by atoms with Gasteiger partial charge in [-0.2, -0.15) is 0 Å². The van der Waals surface area contributed by atoms with Crippen LogP contribution < -0.4 is 14.2 Å². The minimum atomic E-state index is -0.321. The van der Waals surface area contributed by atoms with Gasteiger partial charge in [0.15, 0.2) is 5.75 Å². The van der Waals surface area contributed by atoms with Crippen molar-refractivity contribution in [2.45, 2.75) is 39.4 Å². The molecule has 0 aliphatic rings. The molecule has 1 heterocycles. The Morgan fingerprint density at radius 3 is 2.21 bits per heavy atom. The fraction of sp³-hybridized carbons (Fsp3) is 0.308.